The molecule has 2 heterocycles. The van der Waals surface area contributed by atoms with Crippen molar-refractivity contribution in [2.75, 3.05) is 5.32 Å². The van der Waals surface area contributed by atoms with Crippen molar-refractivity contribution in [3.05, 3.63) is 73.9 Å². The van der Waals surface area contributed by atoms with E-state index in [0.29, 0.717) is 16.7 Å². The van der Waals surface area contributed by atoms with E-state index in [0.717, 1.165) is 23.5 Å². The Hall–Kier alpha value is -2.41. The van der Waals surface area contributed by atoms with Crippen molar-refractivity contribution in [1.82, 2.24) is 19.6 Å². The maximum absolute atomic E-state index is 11.9. The number of aromatic nitrogens is 4. The van der Waals surface area contributed by atoms with Crippen LogP contribution in [0.15, 0.2) is 45.8 Å². The summed E-state index contributed by atoms with van der Waals surface area (Å²) in [6.07, 6.45) is 1.64. The van der Waals surface area contributed by atoms with Crippen molar-refractivity contribution in [2.45, 2.75) is 26.9 Å². The first-order chi connectivity index (χ1) is 12.0. The van der Waals surface area contributed by atoms with Crippen LogP contribution in [0.25, 0.3) is 0 Å². The molecule has 6 nitrogen and oxygen atoms in total. The highest BCUT2D eigenvalue weighted by molar-refractivity contribution is 9.10. The second kappa shape index (κ2) is 7.23. The lowest BCUT2D eigenvalue weighted by Gasteiger charge is -2.09. The molecule has 0 saturated heterocycles. The van der Waals surface area contributed by atoms with Crippen molar-refractivity contribution < 1.29 is 0 Å². The summed E-state index contributed by atoms with van der Waals surface area (Å²) < 4.78 is 3.79. The average molecular weight is 402 g/mol. The maximum Gasteiger partial charge on any atom is 0.282 e. The molecule has 0 aliphatic carbocycles. The van der Waals surface area contributed by atoms with E-state index in [1.807, 2.05) is 29.8 Å². The first-order valence-electron chi connectivity index (χ1n) is 8.00. The van der Waals surface area contributed by atoms with Gasteiger partial charge in [0.25, 0.3) is 5.56 Å². The third kappa shape index (κ3) is 3.66. The Morgan fingerprint density at radius 2 is 1.92 bits per heavy atom. The van der Waals surface area contributed by atoms with Gasteiger partial charge in [0.1, 0.15) is 4.47 Å². The Balaban J connectivity index is 1.80. The highest BCUT2D eigenvalue weighted by atomic mass is 79.9. The fourth-order valence-electron chi connectivity index (χ4n) is 2.72. The van der Waals surface area contributed by atoms with Gasteiger partial charge in [-0.2, -0.15) is 10.2 Å². The molecular formula is C18H20BrN5O. The van der Waals surface area contributed by atoms with E-state index in [2.05, 4.69) is 50.5 Å². The molecule has 1 aromatic carbocycles. The van der Waals surface area contributed by atoms with Gasteiger partial charge in [-0.1, -0.05) is 30.3 Å². The highest BCUT2D eigenvalue weighted by Crippen LogP contribution is 2.20. The van der Waals surface area contributed by atoms with Gasteiger partial charge in [-0.05, 0) is 35.3 Å². The number of rotatable bonds is 5. The molecule has 3 aromatic rings. The molecule has 2 aromatic heterocycles. The Bertz CT molecular complexity index is 946. The molecule has 0 amide bonds. The van der Waals surface area contributed by atoms with Crippen LogP contribution in [-0.4, -0.2) is 19.6 Å². The van der Waals surface area contributed by atoms with Crippen LogP contribution in [0.1, 0.15) is 22.5 Å². The third-order valence-electron chi connectivity index (χ3n) is 4.24. The van der Waals surface area contributed by atoms with E-state index in [4.69, 9.17) is 0 Å². The number of nitrogens with zero attached hydrogens (tertiary/aromatic N) is 4. The molecule has 25 heavy (non-hydrogen) atoms. The largest absolute Gasteiger partial charge is 0.378 e. The van der Waals surface area contributed by atoms with Crippen LogP contribution in [0.5, 0.6) is 0 Å². The summed E-state index contributed by atoms with van der Waals surface area (Å²) in [5.41, 5.74) is 4.95. The van der Waals surface area contributed by atoms with E-state index in [-0.39, 0.29) is 5.56 Å². The minimum absolute atomic E-state index is 0.168. The molecule has 0 unspecified atom stereocenters. The van der Waals surface area contributed by atoms with Crippen LogP contribution < -0.4 is 10.9 Å². The van der Waals surface area contributed by atoms with Gasteiger partial charge in [0.15, 0.2) is 0 Å². The van der Waals surface area contributed by atoms with Gasteiger partial charge in [-0.25, -0.2) is 4.68 Å². The zero-order valence-electron chi connectivity index (χ0n) is 14.5. The van der Waals surface area contributed by atoms with Crippen LogP contribution in [0.4, 0.5) is 5.69 Å². The fraction of sp³-hybridized carbons (Fsp3) is 0.278. The van der Waals surface area contributed by atoms with Gasteiger partial charge < -0.3 is 5.32 Å². The van der Waals surface area contributed by atoms with Gasteiger partial charge in [0.05, 0.1) is 24.1 Å². The molecular weight excluding hydrogens is 382 g/mol. The van der Waals surface area contributed by atoms with Gasteiger partial charge in [0, 0.05) is 24.8 Å². The predicted molar refractivity (Wildman–Crippen MR) is 102 cm³/mol. The van der Waals surface area contributed by atoms with E-state index >= 15 is 0 Å². The lowest BCUT2D eigenvalue weighted by Crippen LogP contribution is -2.21. The Morgan fingerprint density at radius 1 is 1.20 bits per heavy atom. The van der Waals surface area contributed by atoms with Crippen molar-refractivity contribution in [1.29, 1.82) is 0 Å². The smallest absolute Gasteiger partial charge is 0.282 e. The molecule has 1 N–H and O–H groups in total. The second-order valence-electron chi connectivity index (χ2n) is 5.95. The normalized spacial score (nSPS) is 10.9. The summed E-state index contributed by atoms with van der Waals surface area (Å²) in [6, 6.07) is 10.3. The van der Waals surface area contributed by atoms with Crippen LogP contribution >= 0.6 is 15.9 Å². The first kappa shape index (κ1) is 17.4. The molecule has 0 radical (unpaired) electrons. The topological polar surface area (TPSA) is 64.7 Å². The summed E-state index contributed by atoms with van der Waals surface area (Å²) >= 11 is 3.33. The predicted octanol–water partition coefficient (Wildman–Crippen LogP) is 3.02. The minimum atomic E-state index is -0.168. The van der Waals surface area contributed by atoms with Crippen molar-refractivity contribution in [3.8, 4) is 0 Å². The Morgan fingerprint density at radius 3 is 2.64 bits per heavy atom. The number of anilines is 1. The summed E-state index contributed by atoms with van der Waals surface area (Å²) in [4.78, 5) is 11.9. The number of hydrogen-bond acceptors (Lipinski definition) is 4. The van der Waals surface area contributed by atoms with E-state index in [1.54, 1.807) is 13.2 Å². The molecule has 130 valence electrons. The molecule has 0 fully saturated rings. The number of hydrogen-bond donors (Lipinski definition) is 1. The van der Waals surface area contributed by atoms with E-state index in [1.165, 1.54) is 10.2 Å². The monoisotopic (exact) mass is 401 g/mol. The Kier molecular flexibility index (Phi) is 5.03. The molecule has 0 spiro atoms. The Labute approximate surface area is 154 Å². The van der Waals surface area contributed by atoms with Crippen molar-refractivity contribution in [2.24, 2.45) is 7.05 Å². The first-order valence-corrected chi connectivity index (χ1v) is 8.79. The molecule has 0 aliphatic heterocycles. The lowest BCUT2D eigenvalue weighted by molar-refractivity contribution is 0.658. The summed E-state index contributed by atoms with van der Waals surface area (Å²) in [5.74, 6) is 0. The lowest BCUT2D eigenvalue weighted by atomic mass is 10.2. The number of halogens is 1. The molecule has 0 bridgehead atoms. The standard InChI is InChI=1S/C18H20BrN5O/c1-12-15(9-20-16-10-21-23(3)18(25)17(16)19)13(2)24(22-12)11-14-7-5-4-6-8-14/h4-8,10,20H,9,11H2,1-3H3. The minimum Gasteiger partial charge on any atom is -0.378 e. The zero-order chi connectivity index (χ0) is 18.0. The number of aryl methyl sites for hydroxylation is 2. The summed E-state index contributed by atoms with van der Waals surface area (Å²) in [7, 11) is 1.62. The van der Waals surface area contributed by atoms with Crippen LogP contribution in [0.2, 0.25) is 0 Å². The molecule has 0 atom stereocenters. The van der Waals surface area contributed by atoms with Gasteiger partial charge in [-0.3, -0.25) is 9.48 Å². The fourth-order valence-corrected chi connectivity index (χ4v) is 3.22. The van der Waals surface area contributed by atoms with Gasteiger partial charge in [0.2, 0.25) is 0 Å². The van der Waals surface area contributed by atoms with Crippen LogP contribution in [0.3, 0.4) is 0 Å². The van der Waals surface area contributed by atoms with Gasteiger partial charge in [-0.15, -0.1) is 0 Å². The van der Waals surface area contributed by atoms with Crippen molar-refractivity contribution >= 4 is 21.6 Å². The third-order valence-corrected chi connectivity index (χ3v) is 5.01. The summed E-state index contributed by atoms with van der Waals surface area (Å²) in [6.45, 7) is 5.39. The maximum atomic E-state index is 11.9. The quantitative estimate of drug-likeness (QED) is 0.713. The highest BCUT2D eigenvalue weighted by Gasteiger charge is 2.13. The molecule has 7 heteroatoms. The van der Waals surface area contributed by atoms with Crippen molar-refractivity contribution in [3.63, 3.8) is 0 Å². The number of nitrogens with one attached hydrogen (secondary N) is 1. The zero-order valence-corrected chi connectivity index (χ0v) is 16.0. The molecule has 3 rings (SSSR count). The SMILES string of the molecule is Cc1nn(Cc2ccccc2)c(C)c1CNc1cnn(C)c(=O)c1Br. The van der Waals surface area contributed by atoms with Crippen LogP contribution in [-0.2, 0) is 20.1 Å². The van der Waals surface area contributed by atoms with E-state index in [9.17, 15) is 4.79 Å². The summed E-state index contributed by atoms with van der Waals surface area (Å²) in [5, 5.41) is 12.0. The second-order valence-corrected chi connectivity index (χ2v) is 6.74. The average Bonchev–Trinajstić information content (AvgIpc) is 2.87. The van der Waals surface area contributed by atoms with Crippen LogP contribution in [0, 0.1) is 13.8 Å². The number of benzene rings is 1. The molecule has 0 saturated carbocycles. The molecule has 0 aliphatic rings. The van der Waals surface area contributed by atoms with E-state index < -0.39 is 0 Å². The van der Waals surface area contributed by atoms with Gasteiger partial charge >= 0.3 is 0 Å².